The highest BCUT2D eigenvalue weighted by atomic mass is 19.4. The number of hydrogen-bond acceptors (Lipinski definition) is 8. The Bertz CT molecular complexity index is 1570. The fourth-order valence-electron chi connectivity index (χ4n) is 5.32. The number of pyridine rings is 2. The van der Waals surface area contributed by atoms with Gasteiger partial charge in [0.05, 0.1) is 35.7 Å². The lowest BCUT2D eigenvalue weighted by molar-refractivity contribution is -0.137. The van der Waals surface area contributed by atoms with Crippen molar-refractivity contribution < 1.29 is 27.5 Å². The molecular weight excluding hydrogens is 575 g/mol. The minimum atomic E-state index is -4.57. The Balaban J connectivity index is 1.40. The summed E-state index contributed by atoms with van der Waals surface area (Å²) in [5, 5.41) is 18.1. The largest absolute Gasteiger partial charge is 0.416 e. The Kier molecular flexibility index (Phi) is 9.23. The highest BCUT2D eigenvalue weighted by Crippen LogP contribution is 2.33. The molecule has 2 aromatic heterocycles. The summed E-state index contributed by atoms with van der Waals surface area (Å²) in [7, 11) is 0. The van der Waals surface area contributed by atoms with E-state index in [2.05, 4.69) is 25.9 Å². The Morgan fingerprint density at radius 3 is 2.55 bits per heavy atom. The van der Waals surface area contributed by atoms with E-state index in [1.165, 1.54) is 12.1 Å². The summed E-state index contributed by atoms with van der Waals surface area (Å²) < 4.78 is 44.7. The van der Waals surface area contributed by atoms with Gasteiger partial charge in [-0.15, -0.1) is 0 Å². The maximum atomic E-state index is 13.0. The van der Waals surface area contributed by atoms with Gasteiger partial charge in [-0.25, -0.2) is 9.97 Å². The van der Waals surface area contributed by atoms with Gasteiger partial charge < -0.3 is 26.4 Å². The maximum absolute atomic E-state index is 13.0. The molecular formula is C31H32F3N7O3. The van der Waals surface area contributed by atoms with Gasteiger partial charge in [-0.05, 0) is 49.9 Å². The number of amides is 2. The predicted molar refractivity (Wildman–Crippen MR) is 160 cm³/mol. The number of ether oxygens (including phenoxy) is 1. The number of carbonyl (C=O) groups is 2. The number of rotatable bonds is 4. The monoisotopic (exact) mass is 607 g/mol. The zero-order valence-electron chi connectivity index (χ0n) is 23.7. The predicted octanol–water partition coefficient (Wildman–Crippen LogP) is 5.02. The molecule has 2 atom stereocenters. The molecule has 13 heteroatoms. The van der Waals surface area contributed by atoms with E-state index < -0.39 is 17.6 Å². The van der Waals surface area contributed by atoms with Crippen LogP contribution in [0.3, 0.4) is 0 Å². The van der Waals surface area contributed by atoms with E-state index in [9.17, 15) is 22.8 Å². The van der Waals surface area contributed by atoms with Crippen LogP contribution < -0.4 is 21.7 Å². The Hall–Kier alpha value is -4.78. The number of carbonyl (C=O) groups excluding carboxylic acids is 2. The van der Waals surface area contributed by atoms with Gasteiger partial charge in [0.15, 0.2) is 0 Å². The van der Waals surface area contributed by atoms with Crippen LogP contribution in [0.2, 0.25) is 0 Å². The standard InChI is InChI=1S/C31H32F3N7O3/c32-31(33,34)21-10-12-37-24(15-21)41-30(43)19-8-6-18(7-9-19)27(35)26-28-20(17-38-29(26)36)3-2-13-44-14-11-25(42)39-22-4-1-5-23(16-22)40-28/h2-3,6-10,12,15,17,22-23,35,40H,1,4-5,11,13-14,16H2,(H2,36,38)(H,39,42)(H,37,41,43)/b3-2+,35-27?/t22-,23-/m1/s1. The third-order valence-electron chi connectivity index (χ3n) is 7.52. The number of halogens is 3. The van der Waals surface area contributed by atoms with Gasteiger partial charge in [-0.1, -0.05) is 24.3 Å². The molecule has 1 saturated carbocycles. The van der Waals surface area contributed by atoms with Crippen molar-refractivity contribution in [3.05, 3.63) is 82.7 Å². The lowest BCUT2D eigenvalue weighted by atomic mass is 9.89. The van der Waals surface area contributed by atoms with Crippen molar-refractivity contribution in [2.24, 2.45) is 0 Å². The van der Waals surface area contributed by atoms with E-state index in [-0.39, 0.29) is 47.5 Å². The fraction of sp³-hybridized carbons (Fsp3) is 0.323. The number of nitrogens with one attached hydrogen (secondary N) is 4. The first-order chi connectivity index (χ1) is 21.1. The zero-order valence-corrected chi connectivity index (χ0v) is 23.7. The van der Waals surface area contributed by atoms with E-state index in [0.29, 0.717) is 36.3 Å². The smallest absolute Gasteiger partial charge is 0.383 e. The van der Waals surface area contributed by atoms with Crippen LogP contribution in [0.4, 0.5) is 30.5 Å². The second-order valence-corrected chi connectivity index (χ2v) is 10.7. The first-order valence-corrected chi connectivity index (χ1v) is 14.2. The van der Waals surface area contributed by atoms with Crippen LogP contribution in [0.1, 0.15) is 64.7 Å². The number of benzene rings is 1. The SMILES string of the molecule is N=C(c1ccc(C(=O)Nc2cc(C(F)(F)F)ccn2)cc1)c1c(N)ncc2c1N[C@@H]1CCC[C@H](C1)NC(=O)CCOC/C=C/2. The van der Waals surface area contributed by atoms with Crippen molar-refractivity contribution >= 4 is 40.9 Å². The van der Waals surface area contributed by atoms with E-state index in [1.54, 1.807) is 18.3 Å². The number of alkyl halides is 3. The summed E-state index contributed by atoms with van der Waals surface area (Å²) in [6.45, 7) is 0.591. The van der Waals surface area contributed by atoms with Crippen molar-refractivity contribution in [2.75, 3.05) is 29.6 Å². The van der Waals surface area contributed by atoms with Crippen LogP contribution in [0.25, 0.3) is 6.08 Å². The molecule has 0 spiro atoms. The average Bonchev–Trinajstić information content (AvgIpc) is 2.99. The molecule has 3 heterocycles. The van der Waals surface area contributed by atoms with Crippen LogP contribution in [-0.2, 0) is 15.7 Å². The number of nitrogens with two attached hydrogens (primary N) is 1. The number of fused-ring (bicyclic) bond motifs is 3. The molecule has 0 saturated heterocycles. The molecule has 10 nitrogen and oxygen atoms in total. The molecule has 1 aromatic carbocycles. The summed E-state index contributed by atoms with van der Waals surface area (Å²) in [6.07, 6.45) is 5.35. The molecule has 2 aliphatic rings. The third kappa shape index (κ3) is 7.40. The molecule has 2 amide bonds. The van der Waals surface area contributed by atoms with Crippen LogP contribution in [0, 0.1) is 5.41 Å². The van der Waals surface area contributed by atoms with Gasteiger partial charge in [-0.3, -0.25) is 15.0 Å². The van der Waals surface area contributed by atoms with Gasteiger partial charge >= 0.3 is 6.18 Å². The van der Waals surface area contributed by atoms with Gasteiger partial charge in [0.1, 0.15) is 11.6 Å². The van der Waals surface area contributed by atoms with Crippen molar-refractivity contribution in [1.29, 1.82) is 5.41 Å². The van der Waals surface area contributed by atoms with Gasteiger partial charge in [0.2, 0.25) is 5.91 Å². The quantitative estimate of drug-likeness (QED) is 0.261. The Labute approximate surface area is 251 Å². The fourth-order valence-corrected chi connectivity index (χ4v) is 5.32. The van der Waals surface area contributed by atoms with Crippen LogP contribution in [0.15, 0.2) is 54.9 Å². The van der Waals surface area contributed by atoms with Gasteiger partial charge in [0.25, 0.3) is 5.91 Å². The van der Waals surface area contributed by atoms with Crippen LogP contribution in [0.5, 0.6) is 0 Å². The van der Waals surface area contributed by atoms with Gasteiger partial charge in [-0.2, -0.15) is 13.2 Å². The number of aromatic nitrogens is 2. The molecule has 44 heavy (non-hydrogen) atoms. The molecule has 5 rings (SSSR count). The molecule has 1 fully saturated rings. The zero-order chi connectivity index (χ0) is 31.3. The Morgan fingerprint density at radius 2 is 1.80 bits per heavy atom. The lowest BCUT2D eigenvalue weighted by Crippen LogP contribution is -2.42. The van der Waals surface area contributed by atoms with E-state index >= 15 is 0 Å². The summed E-state index contributed by atoms with van der Waals surface area (Å²) in [5.74, 6) is -0.789. The molecule has 0 radical (unpaired) electrons. The lowest BCUT2D eigenvalue weighted by Gasteiger charge is -2.32. The highest BCUT2D eigenvalue weighted by Gasteiger charge is 2.31. The number of hydrogen-bond donors (Lipinski definition) is 5. The second kappa shape index (κ2) is 13.2. The molecule has 1 aliphatic carbocycles. The molecule has 6 N–H and O–H groups in total. The third-order valence-corrected chi connectivity index (χ3v) is 7.52. The number of anilines is 3. The van der Waals surface area contributed by atoms with Crippen molar-refractivity contribution in [3.8, 4) is 0 Å². The highest BCUT2D eigenvalue weighted by molar-refractivity contribution is 6.17. The number of nitrogens with zero attached hydrogens (tertiary/aromatic N) is 2. The maximum Gasteiger partial charge on any atom is 0.416 e. The van der Waals surface area contributed by atoms with Crippen LogP contribution >= 0.6 is 0 Å². The molecule has 2 bridgehead atoms. The number of nitrogen functional groups attached to an aromatic ring is 1. The first kappa shape index (κ1) is 30.7. The van der Waals surface area contributed by atoms with Crippen molar-refractivity contribution in [2.45, 2.75) is 50.4 Å². The Morgan fingerprint density at radius 1 is 1.07 bits per heavy atom. The molecule has 1 aliphatic heterocycles. The minimum absolute atomic E-state index is 0.0163. The molecule has 3 aromatic rings. The van der Waals surface area contributed by atoms with Crippen molar-refractivity contribution in [1.82, 2.24) is 15.3 Å². The summed E-state index contributed by atoms with van der Waals surface area (Å²) in [6, 6.07) is 7.68. The summed E-state index contributed by atoms with van der Waals surface area (Å²) in [4.78, 5) is 33.2. The van der Waals surface area contributed by atoms with Crippen molar-refractivity contribution in [3.63, 3.8) is 0 Å². The first-order valence-electron chi connectivity index (χ1n) is 14.2. The van der Waals surface area contributed by atoms with Crippen LogP contribution in [-0.4, -0.2) is 52.8 Å². The normalized spacial score (nSPS) is 19.8. The van der Waals surface area contributed by atoms with E-state index in [4.69, 9.17) is 15.9 Å². The summed E-state index contributed by atoms with van der Waals surface area (Å²) in [5.41, 5.74) is 7.83. The topological polar surface area (TPSA) is 155 Å². The van der Waals surface area contributed by atoms with E-state index in [1.807, 2.05) is 12.2 Å². The minimum Gasteiger partial charge on any atom is -0.383 e. The second-order valence-electron chi connectivity index (χ2n) is 10.7. The average molecular weight is 608 g/mol. The van der Waals surface area contributed by atoms with Gasteiger partial charge in [0, 0.05) is 47.6 Å². The summed E-state index contributed by atoms with van der Waals surface area (Å²) >= 11 is 0. The molecule has 230 valence electrons. The van der Waals surface area contributed by atoms with E-state index in [0.717, 1.165) is 43.2 Å². The molecule has 0 unspecified atom stereocenters.